The smallest absolute Gasteiger partial charge is 0.143 e. The van der Waals surface area contributed by atoms with Gasteiger partial charge < -0.3 is 5.11 Å². The Bertz CT molecular complexity index is 922. The third-order valence-corrected chi connectivity index (χ3v) is 4.78. The molecule has 4 nitrogen and oxygen atoms in total. The maximum Gasteiger partial charge on any atom is 0.143 e. The van der Waals surface area contributed by atoms with Crippen molar-refractivity contribution in [1.82, 2.24) is 15.0 Å². The molecule has 0 saturated carbocycles. The average molecular weight is 402 g/mol. The van der Waals surface area contributed by atoms with Crippen LogP contribution in [0.15, 0.2) is 40.9 Å². The zero-order valence-corrected chi connectivity index (χ0v) is 16.9. The molecule has 1 heterocycles. The Hall–Kier alpha value is -1.88. The van der Waals surface area contributed by atoms with Crippen molar-refractivity contribution in [3.63, 3.8) is 0 Å². The van der Waals surface area contributed by atoms with Crippen molar-refractivity contribution in [3.05, 3.63) is 46.4 Å². The van der Waals surface area contributed by atoms with Crippen LogP contribution in [-0.4, -0.2) is 20.1 Å². The van der Waals surface area contributed by atoms with E-state index in [4.69, 9.17) is 0 Å². The number of phenols is 1. The fourth-order valence-electron chi connectivity index (χ4n) is 3.53. The van der Waals surface area contributed by atoms with Crippen molar-refractivity contribution in [3.8, 4) is 11.4 Å². The van der Waals surface area contributed by atoms with Gasteiger partial charge in [-0.05, 0) is 53.1 Å². The normalized spacial score (nSPS) is 12.7. The summed E-state index contributed by atoms with van der Waals surface area (Å²) in [4.78, 5) is 1.52. The van der Waals surface area contributed by atoms with Gasteiger partial charge in [-0.1, -0.05) is 56.6 Å². The highest BCUT2D eigenvalue weighted by Crippen LogP contribution is 2.38. The SMILES string of the molecule is CC(C)(C)CC(C)(C)c1ccc(O)c(-n2nc3ccc(Br)cc3n2)c1. The predicted molar refractivity (Wildman–Crippen MR) is 105 cm³/mol. The first kappa shape index (κ1) is 17.9. The van der Waals surface area contributed by atoms with Crippen molar-refractivity contribution in [1.29, 1.82) is 0 Å². The van der Waals surface area contributed by atoms with Gasteiger partial charge in [0.25, 0.3) is 0 Å². The van der Waals surface area contributed by atoms with Crippen LogP contribution in [0.3, 0.4) is 0 Å². The second-order valence-corrected chi connectivity index (χ2v) is 9.36. The lowest BCUT2D eigenvalue weighted by Gasteiger charge is -2.33. The molecule has 0 amide bonds. The van der Waals surface area contributed by atoms with E-state index in [1.54, 1.807) is 6.07 Å². The predicted octanol–water partition coefficient (Wildman–Crippen LogP) is 5.60. The zero-order chi connectivity index (χ0) is 18.4. The summed E-state index contributed by atoms with van der Waals surface area (Å²) in [5, 5.41) is 19.4. The molecule has 1 aromatic heterocycles. The number of benzene rings is 2. The van der Waals surface area contributed by atoms with Crippen molar-refractivity contribution < 1.29 is 5.11 Å². The summed E-state index contributed by atoms with van der Waals surface area (Å²) in [7, 11) is 0. The van der Waals surface area contributed by atoms with E-state index in [0.717, 1.165) is 27.5 Å². The lowest BCUT2D eigenvalue weighted by molar-refractivity contribution is 0.284. The zero-order valence-electron chi connectivity index (χ0n) is 15.3. The quantitative estimate of drug-likeness (QED) is 0.620. The number of hydrogen-bond acceptors (Lipinski definition) is 3. The van der Waals surface area contributed by atoms with Crippen LogP contribution < -0.4 is 0 Å². The number of nitrogens with zero attached hydrogens (tertiary/aromatic N) is 3. The summed E-state index contributed by atoms with van der Waals surface area (Å²) in [6.45, 7) is 11.2. The maximum absolute atomic E-state index is 10.4. The number of rotatable bonds is 3. The van der Waals surface area contributed by atoms with E-state index in [1.807, 2.05) is 30.3 Å². The number of phenolic OH excluding ortho intramolecular Hbond substituents is 1. The van der Waals surface area contributed by atoms with Crippen LogP contribution >= 0.6 is 15.9 Å². The Labute approximate surface area is 157 Å². The van der Waals surface area contributed by atoms with Gasteiger partial charge in [0.15, 0.2) is 0 Å². The molecule has 0 unspecified atom stereocenters. The summed E-state index contributed by atoms with van der Waals surface area (Å²) >= 11 is 3.45. The van der Waals surface area contributed by atoms with Crippen LogP contribution in [0.4, 0.5) is 0 Å². The molecule has 5 heteroatoms. The standard InChI is InChI=1S/C20H24BrN3O/c1-19(2,3)12-20(4,5)13-6-9-18(25)17(10-13)24-22-15-8-7-14(21)11-16(15)23-24/h6-11,25H,12H2,1-5H3. The molecule has 0 fully saturated rings. The molecule has 25 heavy (non-hydrogen) atoms. The molecule has 0 aliphatic carbocycles. The lowest BCUT2D eigenvalue weighted by Crippen LogP contribution is -2.25. The van der Waals surface area contributed by atoms with Gasteiger partial charge in [-0.15, -0.1) is 15.0 Å². The molecule has 0 radical (unpaired) electrons. The second kappa shape index (κ2) is 6.13. The Morgan fingerprint density at radius 3 is 2.32 bits per heavy atom. The summed E-state index contributed by atoms with van der Waals surface area (Å²) in [5.41, 5.74) is 3.54. The minimum absolute atomic E-state index is 0.0176. The lowest BCUT2D eigenvalue weighted by atomic mass is 9.72. The summed E-state index contributed by atoms with van der Waals surface area (Å²) < 4.78 is 0.955. The van der Waals surface area contributed by atoms with Gasteiger partial charge in [-0.3, -0.25) is 0 Å². The van der Waals surface area contributed by atoms with E-state index in [2.05, 4.69) is 60.7 Å². The van der Waals surface area contributed by atoms with Crippen LogP contribution in [0.5, 0.6) is 5.75 Å². The highest BCUT2D eigenvalue weighted by Gasteiger charge is 2.28. The van der Waals surface area contributed by atoms with Crippen LogP contribution in [0.1, 0.15) is 46.6 Å². The molecule has 3 rings (SSSR count). The Morgan fingerprint density at radius 1 is 0.960 bits per heavy atom. The molecule has 0 spiro atoms. The van der Waals surface area contributed by atoms with Crippen LogP contribution in [0, 0.1) is 5.41 Å². The molecule has 2 aromatic carbocycles. The molecule has 0 atom stereocenters. The van der Waals surface area contributed by atoms with E-state index in [9.17, 15) is 5.11 Å². The van der Waals surface area contributed by atoms with Crippen molar-refractivity contribution in [2.24, 2.45) is 5.41 Å². The van der Waals surface area contributed by atoms with Crippen LogP contribution in [0.2, 0.25) is 0 Å². The van der Waals surface area contributed by atoms with Gasteiger partial charge in [0.1, 0.15) is 22.5 Å². The maximum atomic E-state index is 10.4. The molecule has 3 aromatic rings. The molecule has 1 N–H and O–H groups in total. The van der Waals surface area contributed by atoms with E-state index < -0.39 is 0 Å². The monoisotopic (exact) mass is 401 g/mol. The van der Waals surface area contributed by atoms with Gasteiger partial charge in [0, 0.05) is 4.47 Å². The number of aromatic nitrogens is 3. The Kier molecular flexibility index (Phi) is 4.40. The van der Waals surface area contributed by atoms with E-state index in [0.29, 0.717) is 5.69 Å². The van der Waals surface area contributed by atoms with Crippen LogP contribution in [0.25, 0.3) is 16.7 Å². The van der Waals surface area contributed by atoms with Gasteiger partial charge in [-0.2, -0.15) is 0 Å². The third-order valence-electron chi connectivity index (χ3n) is 4.29. The topological polar surface area (TPSA) is 50.9 Å². The van der Waals surface area contributed by atoms with Gasteiger partial charge in [0.05, 0.1) is 0 Å². The number of halogens is 1. The first-order valence-corrected chi connectivity index (χ1v) is 9.21. The van der Waals surface area contributed by atoms with E-state index in [1.165, 1.54) is 4.80 Å². The second-order valence-electron chi connectivity index (χ2n) is 8.45. The average Bonchev–Trinajstić information content (AvgIpc) is 2.87. The highest BCUT2D eigenvalue weighted by atomic mass is 79.9. The van der Waals surface area contributed by atoms with Gasteiger partial charge in [0.2, 0.25) is 0 Å². The highest BCUT2D eigenvalue weighted by molar-refractivity contribution is 9.10. The molecular weight excluding hydrogens is 378 g/mol. The largest absolute Gasteiger partial charge is 0.506 e. The third kappa shape index (κ3) is 3.87. The van der Waals surface area contributed by atoms with Crippen molar-refractivity contribution in [2.75, 3.05) is 0 Å². The Balaban J connectivity index is 2.07. The first-order valence-electron chi connectivity index (χ1n) is 8.42. The molecule has 0 aliphatic heterocycles. The van der Waals surface area contributed by atoms with E-state index in [-0.39, 0.29) is 16.6 Å². The first-order chi connectivity index (χ1) is 11.5. The van der Waals surface area contributed by atoms with Gasteiger partial charge >= 0.3 is 0 Å². The number of fused-ring (bicyclic) bond motifs is 1. The molecule has 0 aliphatic rings. The molecule has 132 valence electrons. The van der Waals surface area contributed by atoms with Crippen LogP contribution in [-0.2, 0) is 5.41 Å². The minimum Gasteiger partial charge on any atom is -0.506 e. The van der Waals surface area contributed by atoms with Crippen molar-refractivity contribution >= 4 is 27.0 Å². The summed E-state index contributed by atoms with van der Waals surface area (Å²) in [6.07, 6.45) is 1.03. The fraction of sp³-hybridized carbons (Fsp3) is 0.400. The van der Waals surface area contributed by atoms with Gasteiger partial charge in [-0.25, -0.2) is 0 Å². The fourth-order valence-corrected chi connectivity index (χ4v) is 3.88. The summed E-state index contributed by atoms with van der Waals surface area (Å²) in [6, 6.07) is 11.5. The molecule has 0 saturated heterocycles. The van der Waals surface area contributed by atoms with Crippen molar-refractivity contribution in [2.45, 2.75) is 46.5 Å². The minimum atomic E-state index is -0.0176. The van der Waals surface area contributed by atoms with E-state index >= 15 is 0 Å². The Morgan fingerprint density at radius 2 is 1.64 bits per heavy atom. The number of aromatic hydroxyl groups is 1. The molecule has 0 bridgehead atoms. The number of hydrogen-bond donors (Lipinski definition) is 1. The summed E-state index contributed by atoms with van der Waals surface area (Å²) in [5.74, 6) is 0.176. The molecular formula is C20H24BrN3O.